The predicted molar refractivity (Wildman–Crippen MR) is 68.4 cm³/mol. The van der Waals surface area contributed by atoms with Crippen molar-refractivity contribution in [2.45, 2.75) is 38.7 Å². The summed E-state index contributed by atoms with van der Waals surface area (Å²) in [4.78, 5) is 0. The van der Waals surface area contributed by atoms with Crippen LogP contribution in [0.4, 0.5) is 0 Å². The van der Waals surface area contributed by atoms with Crippen molar-refractivity contribution in [2.24, 2.45) is 0 Å². The van der Waals surface area contributed by atoms with Crippen LogP contribution in [0.2, 0.25) is 0 Å². The molecular weight excluding hydrogens is 240 g/mol. The minimum absolute atomic E-state index is 0.142. The number of rotatable bonds is 5. The topological polar surface area (TPSA) is 69.6 Å². The molecule has 1 unspecified atom stereocenters. The molecule has 0 spiro atoms. The van der Waals surface area contributed by atoms with Gasteiger partial charge in [-0.15, -0.1) is 0 Å². The average Bonchev–Trinajstić information content (AvgIpc) is 2.40. The van der Waals surface area contributed by atoms with E-state index < -0.39 is 15.6 Å². The van der Waals surface area contributed by atoms with E-state index in [0.717, 1.165) is 13.0 Å². The number of nitrogens with one attached hydrogen (secondary N) is 1. The number of hydrogen-bond acceptors (Lipinski definition) is 4. The van der Waals surface area contributed by atoms with Gasteiger partial charge in [0.05, 0.1) is 11.4 Å². The van der Waals surface area contributed by atoms with Gasteiger partial charge in [-0.2, -0.15) is 0 Å². The second-order valence-corrected chi connectivity index (χ2v) is 7.01. The highest BCUT2D eigenvalue weighted by Gasteiger charge is 2.30. The lowest BCUT2D eigenvalue weighted by molar-refractivity contribution is 0.0465. The van der Waals surface area contributed by atoms with Crippen LogP contribution in [0.1, 0.15) is 33.1 Å². The van der Waals surface area contributed by atoms with Crippen LogP contribution < -0.4 is 5.32 Å². The standard InChI is InChI=1S/C11H24N2O3S/c1-3-12-7-10-17(15,16)13-8-4-5-11(2,14)6-9-13/h12,14H,3-10H2,1-2H3. The van der Waals surface area contributed by atoms with Gasteiger partial charge in [0.15, 0.2) is 0 Å². The Morgan fingerprint density at radius 3 is 2.71 bits per heavy atom. The van der Waals surface area contributed by atoms with E-state index in [4.69, 9.17) is 0 Å². The van der Waals surface area contributed by atoms with Crippen molar-refractivity contribution in [1.82, 2.24) is 9.62 Å². The normalized spacial score (nSPS) is 27.9. The maximum absolute atomic E-state index is 12.0. The van der Waals surface area contributed by atoms with Crippen LogP contribution in [-0.2, 0) is 10.0 Å². The van der Waals surface area contributed by atoms with Crippen molar-refractivity contribution in [3.05, 3.63) is 0 Å². The van der Waals surface area contributed by atoms with E-state index in [1.54, 1.807) is 6.92 Å². The fourth-order valence-corrected chi connectivity index (χ4v) is 3.46. The highest BCUT2D eigenvalue weighted by atomic mass is 32.2. The van der Waals surface area contributed by atoms with Crippen molar-refractivity contribution in [3.8, 4) is 0 Å². The second kappa shape index (κ2) is 6.13. The van der Waals surface area contributed by atoms with Gasteiger partial charge in [-0.3, -0.25) is 0 Å². The average molecular weight is 264 g/mol. The molecule has 0 aromatic rings. The van der Waals surface area contributed by atoms with E-state index >= 15 is 0 Å². The summed E-state index contributed by atoms with van der Waals surface area (Å²) < 4.78 is 25.6. The first kappa shape index (κ1) is 14.9. The first-order chi connectivity index (χ1) is 7.87. The van der Waals surface area contributed by atoms with Gasteiger partial charge in [0.1, 0.15) is 0 Å². The van der Waals surface area contributed by atoms with E-state index in [1.165, 1.54) is 4.31 Å². The van der Waals surface area contributed by atoms with Crippen LogP contribution >= 0.6 is 0 Å². The fourth-order valence-electron chi connectivity index (χ4n) is 2.02. The quantitative estimate of drug-likeness (QED) is 0.694. The van der Waals surface area contributed by atoms with Crippen LogP contribution in [-0.4, -0.2) is 55.4 Å². The highest BCUT2D eigenvalue weighted by Crippen LogP contribution is 2.22. The number of nitrogens with zero attached hydrogens (tertiary/aromatic N) is 1. The van der Waals surface area contributed by atoms with E-state index in [1.807, 2.05) is 6.92 Å². The summed E-state index contributed by atoms with van der Waals surface area (Å²) in [5.41, 5.74) is -0.716. The Labute approximate surface area is 104 Å². The minimum Gasteiger partial charge on any atom is -0.390 e. The molecule has 1 atom stereocenters. The molecule has 17 heavy (non-hydrogen) atoms. The van der Waals surface area contributed by atoms with Gasteiger partial charge in [-0.05, 0) is 32.7 Å². The van der Waals surface area contributed by atoms with Gasteiger partial charge < -0.3 is 10.4 Å². The molecule has 0 amide bonds. The molecule has 1 rings (SSSR count). The summed E-state index contributed by atoms with van der Waals surface area (Å²) in [7, 11) is -3.17. The summed E-state index contributed by atoms with van der Waals surface area (Å²) in [6.07, 6.45) is 1.92. The lowest BCUT2D eigenvalue weighted by Crippen LogP contribution is -2.37. The number of sulfonamides is 1. The Morgan fingerprint density at radius 1 is 1.35 bits per heavy atom. The fraction of sp³-hybridized carbons (Fsp3) is 1.00. The monoisotopic (exact) mass is 264 g/mol. The molecule has 0 aliphatic carbocycles. The third-order valence-electron chi connectivity index (χ3n) is 3.20. The largest absolute Gasteiger partial charge is 0.390 e. The Hall–Kier alpha value is -0.170. The molecule has 0 bridgehead atoms. The van der Waals surface area contributed by atoms with Crippen LogP contribution in [0.25, 0.3) is 0 Å². The Balaban J connectivity index is 2.54. The molecule has 0 saturated carbocycles. The van der Waals surface area contributed by atoms with E-state index in [0.29, 0.717) is 32.5 Å². The smallest absolute Gasteiger partial charge is 0.215 e. The number of hydrogen-bond donors (Lipinski definition) is 2. The molecule has 5 nitrogen and oxygen atoms in total. The van der Waals surface area contributed by atoms with Crippen molar-refractivity contribution in [2.75, 3.05) is 31.9 Å². The molecule has 1 aliphatic heterocycles. The van der Waals surface area contributed by atoms with Crippen LogP contribution in [0.3, 0.4) is 0 Å². The van der Waals surface area contributed by atoms with Gasteiger partial charge in [0.2, 0.25) is 10.0 Å². The van der Waals surface area contributed by atoms with E-state index in [9.17, 15) is 13.5 Å². The zero-order valence-electron chi connectivity index (χ0n) is 10.8. The zero-order chi connectivity index (χ0) is 12.9. The summed E-state index contributed by atoms with van der Waals surface area (Å²) in [5.74, 6) is 0.142. The zero-order valence-corrected chi connectivity index (χ0v) is 11.6. The lowest BCUT2D eigenvalue weighted by Gasteiger charge is -2.22. The molecule has 1 saturated heterocycles. The summed E-state index contributed by atoms with van der Waals surface area (Å²) in [6.45, 7) is 5.97. The molecule has 1 heterocycles. The Kier molecular flexibility index (Phi) is 5.37. The van der Waals surface area contributed by atoms with Crippen LogP contribution in [0, 0.1) is 0 Å². The molecular formula is C11H24N2O3S. The number of aliphatic hydroxyl groups is 1. The summed E-state index contributed by atoms with van der Waals surface area (Å²) in [5, 5.41) is 12.9. The van der Waals surface area contributed by atoms with Gasteiger partial charge >= 0.3 is 0 Å². The lowest BCUT2D eigenvalue weighted by atomic mass is 9.98. The van der Waals surface area contributed by atoms with Crippen molar-refractivity contribution in [3.63, 3.8) is 0 Å². The van der Waals surface area contributed by atoms with Gasteiger partial charge in [-0.1, -0.05) is 6.92 Å². The third kappa shape index (κ3) is 4.91. The molecule has 1 fully saturated rings. The van der Waals surface area contributed by atoms with Crippen LogP contribution in [0.5, 0.6) is 0 Å². The third-order valence-corrected chi connectivity index (χ3v) is 5.07. The highest BCUT2D eigenvalue weighted by molar-refractivity contribution is 7.89. The predicted octanol–water partition coefficient (Wildman–Crippen LogP) is 0.163. The minimum atomic E-state index is -3.17. The SMILES string of the molecule is CCNCCS(=O)(=O)N1CCCC(C)(O)CC1. The summed E-state index contributed by atoms with van der Waals surface area (Å²) >= 11 is 0. The summed E-state index contributed by atoms with van der Waals surface area (Å²) in [6, 6.07) is 0. The Bertz CT molecular complexity index is 328. The first-order valence-corrected chi connectivity index (χ1v) is 7.89. The molecule has 2 N–H and O–H groups in total. The second-order valence-electron chi connectivity index (χ2n) is 4.92. The van der Waals surface area contributed by atoms with E-state index in [-0.39, 0.29) is 5.75 Å². The van der Waals surface area contributed by atoms with Gasteiger partial charge in [0, 0.05) is 19.6 Å². The molecule has 0 radical (unpaired) electrons. The van der Waals surface area contributed by atoms with E-state index in [2.05, 4.69) is 5.32 Å². The van der Waals surface area contributed by atoms with Crippen molar-refractivity contribution < 1.29 is 13.5 Å². The first-order valence-electron chi connectivity index (χ1n) is 6.28. The van der Waals surface area contributed by atoms with Crippen LogP contribution in [0.15, 0.2) is 0 Å². The molecule has 6 heteroatoms. The molecule has 1 aliphatic rings. The van der Waals surface area contributed by atoms with Gasteiger partial charge in [0.25, 0.3) is 0 Å². The maximum Gasteiger partial charge on any atom is 0.215 e. The molecule has 102 valence electrons. The van der Waals surface area contributed by atoms with Crippen molar-refractivity contribution in [1.29, 1.82) is 0 Å². The van der Waals surface area contributed by atoms with Gasteiger partial charge in [-0.25, -0.2) is 12.7 Å². The Morgan fingerprint density at radius 2 is 2.06 bits per heavy atom. The maximum atomic E-state index is 12.0. The molecule has 0 aromatic carbocycles. The molecule has 0 aromatic heterocycles. The van der Waals surface area contributed by atoms with Crippen molar-refractivity contribution >= 4 is 10.0 Å².